The zero-order valence-electron chi connectivity index (χ0n) is 5.63. The van der Waals surface area contributed by atoms with Crippen molar-refractivity contribution in [3.05, 3.63) is 0 Å². The molecule has 4 N–H and O–H groups in total. The van der Waals surface area contributed by atoms with Gasteiger partial charge in [0.1, 0.15) is 0 Å². The van der Waals surface area contributed by atoms with Crippen LogP contribution in [0.25, 0.3) is 0 Å². The Morgan fingerprint density at radius 2 is 2.22 bits per heavy atom. The maximum Gasteiger partial charge on any atom is 0.180 e. The van der Waals surface area contributed by atoms with Crippen molar-refractivity contribution in [3.8, 4) is 0 Å². The maximum atomic E-state index is 5.37. The van der Waals surface area contributed by atoms with E-state index in [0.717, 1.165) is 19.4 Å². The van der Waals surface area contributed by atoms with Crippen molar-refractivity contribution in [2.45, 2.75) is 19.8 Å². The number of hydrazine groups is 1. The Kier molecular flexibility index (Phi) is 4.35. The van der Waals surface area contributed by atoms with Gasteiger partial charge < -0.3 is 5.73 Å². The smallest absolute Gasteiger partial charge is 0.180 e. The molecule has 0 unspecified atom stereocenters. The highest BCUT2D eigenvalue weighted by molar-refractivity contribution is 7.80. The van der Waals surface area contributed by atoms with E-state index in [9.17, 15) is 0 Å². The molecule has 0 saturated heterocycles. The summed E-state index contributed by atoms with van der Waals surface area (Å²) in [5.41, 5.74) is 5.21. The summed E-state index contributed by atoms with van der Waals surface area (Å²) in [4.78, 5) is 0. The Hall–Kier alpha value is -0.350. The number of unbranched alkanes of at least 4 members (excludes halogenated alkanes) is 1. The monoisotopic (exact) mass is 147 g/mol. The number of hydrogen-bond donors (Lipinski definition) is 2. The molecule has 0 heterocycles. The fraction of sp³-hybridized carbons (Fsp3) is 0.800. The standard InChI is InChI=1S/C5H13N3S/c1-2-3-4-8(7)5(6)9/h2-4,7H2,1H3,(H2,6,9). The number of hydrogen-bond acceptors (Lipinski definition) is 2. The van der Waals surface area contributed by atoms with Gasteiger partial charge in [-0.2, -0.15) is 0 Å². The van der Waals surface area contributed by atoms with Crippen molar-refractivity contribution in [2.24, 2.45) is 11.6 Å². The van der Waals surface area contributed by atoms with E-state index in [4.69, 9.17) is 11.6 Å². The summed E-state index contributed by atoms with van der Waals surface area (Å²) < 4.78 is 0. The molecule has 0 atom stereocenters. The lowest BCUT2D eigenvalue weighted by Crippen LogP contribution is -2.41. The van der Waals surface area contributed by atoms with Gasteiger partial charge in [-0.05, 0) is 18.6 Å². The minimum absolute atomic E-state index is 0.267. The lowest BCUT2D eigenvalue weighted by Gasteiger charge is -2.14. The molecule has 3 nitrogen and oxygen atoms in total. The van der Waals surface area contributed by atoms with Crippen LogP contribution in [0.4, 0.5) is 0 Å². The Bertz CT molecular complexity index is 94.2. The van der Waals surface area contributed by atoms with Gasteiger partial charge >= 0.3 is 0 Å². The van der Waals surface area contributed by atoms with Crippen molar-refractivity contribution in [3.63, 3.8) is 0 Å². The second kappa shape index (κ2) is 4.52. The molecular weight excluding hydrogens is 134 g/mol. The van der Waals surface area contributed by atoms with Gasteiger partial charge in [0, 0.05) is 6.54 Å². The van der Waals surface area contributed by atoms with Crippen LogP contribution in [0.3, 0.4) is 0 Å². The van der Waals surface area contributed by atoms with Gasteiger partial charge in [-0.3, -0.25) is 5.01 Å². The topological polar surface area (TPSA) is 55.3 Å². The van der Waals surface area contributed by atoms with Crippen LogP contribution < -0.4 is 11.6 Å². The first kappa shape index (κ1) is 8.65. The van der Waals surface area contributed by atoms with E-state index >= 15 is 0 Å². The highest BCUT2D eigenvalue weighted by Gasteiger charge is 1.95. The SMILES string of the molecule is CCCCN(N)C(N)=S. The second-order valence-electron chi connectivity index (χ2n) is 1.89. The van der Waals surface area contributed by atoms with Gasteiger partial charge in [-0.1, -0.05) is 13.3 Å². The second-order valence-corrected chi connectivity index (χ2v) is 2.30. The third-order valence-corrected chi connectivity index (χ3v) is 1.27. The summed E-state index contributed by atoms with van der Waals surface area (Å²) >= 11 is 4.61. The van der Waals surface area contributed by atoms with Crippen molar-refractivity contribution < 1.29 is 0 Å². The van der Waals surface area contributed by atoms with Gasteiger partial charge in [0.2, 0.25) is 0 Å². The molecule has 0 aliphatic carbocycles. The van der Waals surface area contributed by atoms with Crippen LogP contribution in [-0.2, 0) is 0 Å². The molecule has 0 fully saturated rings. The molecule has 0 aliphatic heterocycles. The summed E-state index contributed by atoms with van der Waals surface area (Å²) in [6.07, 6.45) is 2.14. The molecule has 0 saturated carbocycles. The molecule has 0 amide bonds. The third kappa shape index (κ3) is 4.17. The van der Waals surface area contributed by atoms with Crippen LogP contribution in [0.5, 0.6) is 0 Å². The summed E-state index contributed by atoms with van der Waals surface area (Å²) in [5, 5.41) is 1.65. The fourth-order valence-electron chi connectivity index (χ4n) is 0.439. The largest absolute Gasteiger partial charge is 0.375 e. The minimum Gasteiger partial charge on any atom is -0.375 e. The predicted molar refractivity (Wildman–Crippen MR) is 42.6 cm³/mol. The van der Waals surface area contributed by atoms with Crippen molar-refractivity contribution in [1.29, 1.82) is 0 Å². The molecule has 54 valence electrons. The van der Waals surface area contributed by atoms with Gasteiger partial charge in [0.25, 0.3) is 0 Å². The van der Waals surface area contributed by atoms with Crippen LogP contribution in [0, 0.1) is 0 Å². The third-order valence-electron chi connectivity index (χ3n) is 1.04. The fourth-order valence-corrected chi connectivity index (χ4v) is 0.530. The number of nitrogens with two attached hydrogens (primary N) is 2. The van der Waals surface area contributed by atoms with Gasteiger partial charge in [0.05, 0.1) is 0 Å². The molecule has 0 aromatic carbocycles. The molecule has 0 aromatic heterocycles. The number of thiocarbonyl (C=S) groups is 1. The van der Waals surface area contributed by atoms with Crippen molar-refractivity contribution >= 4 is 17.3 Å². The molecule has 0 bridgehead atoms. The maximum absolute atomic E-state index is 5.37. The van der Waals surface area contributed by atoms with Crippen molar-refractivity contribution in [2.75, 3.05) is 6.54 Å². The van der Waals surface area contributed by atoms with E-state index in [1.165, 1.54) is 5.01 Å². The van der Waals surface area contributed by atoms with E-state index in [0.29, 0.717) is 0 Å². The Balaban J connectivity index is 3.27. The molecule has 4 heteroatoms. The van der Waals surface area contributed by atoms with Crippen LogP contribution in [0.15, 0.2) is 0 Å². The van der Waals surface area contributed by atoms with Gasteiger partial charge in [0.15, 0.2) is 5.11 Å². The first-order valence-electron chi connectivity index (χ1n) is 3.00. The van der Waals surface area contributed by atoms with E-state index < -0.39 is 0 Å². The summed E-state index contributed by atoms with van der Waals surface area (Å²) in [6.45, 7) is 2.85. The number of rotatable bonds is 3. The normalized spacial score (nSPS) is 9.11. The van der Waals surface area contributed by atoms with Crippen LogP contribution in [0.2, 0.25) is 0 Å². The molecule has 0 rings (SSSR count). The molecular formula is C5H13N3S. The first-order chi connectivity index (χ1) is 4.18. The minimum atomic E-state index is 0.267. The highest BCUT2D eigenvalue weighted by atomic mass is 32.1. The molecule has 0 aromatic rings. The van der Waals surface area contributed by atoms with E-state index in [1.54, 1.807) is 0 Å². The lowest BCUT2D eigenvalue weighted by atomic mass is 10.3. The number of nitrogens with zero attached hydrogens (tertiary/aromatic N) is 1. The molecule has 0 radical (unpaired) electrons. The average Bonchev–Trinajstić information content (AvgIpc) is 1.82. The van der Waals surface area contributed by atoms with Gasteiger partial charge in [-0.25, -0.2) is 5.84 Å². The summed E-state index contributed by atoms with van der Waals surface area (Å²) in [7, 11) is 0. The predicted octanol–water partition coefficient (Wildman–Crippen LogP) is 0.206. The van der Waals surface area contributed by atoms with Crippen molar-refractivity contribution in [1.82, 2.24) is 5.01 Å². The summed E-state index contributed by atoms with van der Waals surface area (Å²) in [6, 6.07) is 0. The Labute approximate surface area is 61.0 Å². The first-order valence-corrected chi connectivity index (χ1v) is 3.41. The van der Waals surface area contributed by atoms with Gasteiger partial charge in [-0.15, -0.1) is 0 Å². The molecule has 9 heavy (non-hydrogen) atoms. The van der Waals surface area contributed by atoms with E-state index in [2.05, 4.69) is 19.1 Å². The van der Waals surface area contributed by atoms with Crippen LogP contribution >= 0.6 is 12.2 Å². The molecule has 0 spiro atoms. The van der Waals surface area contributed by atoms with Crippen LogP contribution in [0.1, 0.15) is 19.8 Å². The zero-order chi connectivity index (χ0) is 7.28. The molecule has 0 aliphatic rings. The quantitative estimate of drug-likeness (QED) is 0.340. The zero-order valence-corrected chi connectivity index (χ0v) is 6.45. The van der Waals surface area contributed by atoms with E-state index in [1.807, 2.05) is 0 Å². The van der Waals surface area contributed by atoms with Crippen LogP contribution in [-0.4, -0.2) is 16.7 Å². The highest BCUT2D eigenvalue weighted by Crippen LogP contribution is 1.87. The van der Waals surface area contributed by atoms with E-state index in [-0.39, 0.29) is 5.11 Å². The Morgan fingerprint density at radius 3 is 2.56 bits per heavy atom. The average molecular weight is 147 g/mol. The Morgan fingerprint density at radius 1 is 1.67 bits per heavy atom. The lowest BCUT2D eigenvalue weighted by molar-refractivity contribution is 0.430. The summed E-state index contributed by atoms with van der Waals surface area (Å²) in [5.74, 6) is 5.37.